The number of nitrogens with one attached hydrogen (secondary N) is 2. The van der Waals surface area contributed by atoms with Gasteiger partial charge in [-0.25, -0.2) is 9.97 Å². The summed E-state index contributed by atoms with van der Waals surface area (Å²) in [5, 5.41) is 4.82. The van der Waals surface area contributed by atoms with E-state index in [2.05, 4.69) is 51.8 Å². The number of hydrogen-bond donors (Lipinski definition) is 2. The first-order valence-electron chi connectivity index (χ1n) is 11.7. The number of fused-ring (bicyclic) bond motifs is 3. The van der Waals surface area contributed by atoms with Crippen molar-refractivity contribution in [3.8, 4) is 22.3 Å². The van der Waals surface area contributed by atoms with Gasteiger partial charge in [-0.15, -0.1) is 0 Å². The SMILES string of the molecule is c1cn2ccc(-c3c[nH]c4ncc(-c5cc6c(c(C7CCCN7)c5)COCC6)cc34)cc2n1. The van der Waals surface area contributed by atoms with E-state index in [0.29, 0.717) is 6.04 Å². The van der Waals surface area contributed by atoms with Gasteiger partial charge >= 0.3 is 0 Å². The Balaban J connectivity index is 1.36. The van der Waals surface area contributed by atoms with Crippen LogP contribution in [0.15, 0.2) is 61.3 Å². The molecule has 6 heterocycles. The van der Waals surface area contributed by atoms with Crippen molar-refractivity contribution in [3.05, 3.63) is 78.0 Å². The van der Waals surface area contributed by atoms with Crippen molar-refractivity contribution < 1.29 is 4.74 Å². The van der Waals surface area contributed by atoms with E-state index in [4.69, 9.17) is 9.72 Å². The molecule has 1 unspecified atom stereocenters. The largest absolute Gasteiger partial charge is 0.376 e. The zero-order chi connectivity index (χ0) is 21.8. The average Bonchev–Trinajstić information content (AvgIpc) is 3.63. The summed E-state index contributed by atoms with van der Waals surface area (Å²) >= 11 is 0. The van der Waals surface area contributed by atoms with E-state index in [0.717, 1.165) is 59.6 Å². The molecule has 1 saturated heterocycles. The summed E-state index contributed by atoms with van der Waals surface area (Å²) in [5.41, 5.74) is 10.7. The number of imidazole rings is 1. The summed E-state index contributed by atoms with van der Waals surface area (Å²) in [6.07, 6.45) is 13.3. The van der Waals surface area contributed by atoms with Gasteiger partial charge in [-0.05, 0) is 77.9 Å². The van der Waals surface area contributed by atoms with Crippen molar-refractivity contribution in [2.75, 3.05) is 13.2 Å². The van der Waals surface area contributed by atoms with Gasteiger partial charge in [-0.3, -0.25) is 0 Å². The second kappa shape index (κ2) is 7.54. The number of nitrogens with zero attached hydrogens (tertiary/aromatic N) is 3. The van der Waals surface area contributed by atoms with Gasteiger partial charge in [0.25, 0.3) is 0 Å². The molecule has 1 atom stereocenters. The van der Waals surface area contributed by atoms with Crippen LogP contribution >= 0.6 is 0 Å². The zero-order valence-corrected chi connectivity index (χ0v) is 18.3. The van der Waals surface area contributed by atoms with Crippen molar-refractivity contribution in [2.24, 2.45) is 0 Å². The highest BCUT2D eigenvalue weighted by atomic mass is 16.5. The maximum atomic E-state index is 5.83. The molecule has 6 nitrogen and oxygen atoms in total. The molecular weight excluding hydrogens is 410 g/mol. The van der Waals surface area contributed by atoms with Crippen LogP contribution in [0, 0.1) is 0 Å². The Bertz CT molecular complexity index is 1490. The summed E-state index contributed by atoms with van der Waals surface area (Å²) < 4.78 is 7.85. The lowest BCUT2D eigenvalue weighted by Crippen LogP contribution is -2.19. The van der Waals surface area contributed by atoms with Crippen LogP contribution in [0.5, 0.6) is 0 Å². The summed E-state index contributed by atoms with van der Waals surface area (Å²) in [5.74, 6) is 0. The monoisotopic (exact) mass is 435 g/mol. The normalized spacial score (nSPS) is 18.2. The number of benzene rings is 1. The second-order valence-electron chi connectivity index (χ2n) is 9.09. The molecule has 164 valence electrons. The van der Waals surface area contributed by atoms with Crippen molar-refractivity contribution in [1.82, 2.24) is 24.7 Å². The van der Waals surface area contributed by atoms with Crippen LogP contribution in [0.2, 0.25) is 0 Å². The molecule has 0 saturated carbocycles. The Hall–Kier alpha value is -3.48. The fourth-order valence-electron chi connectivity index (χ4n) is 5.42. The van der Waals surface area contributed by atoms with Gasteiger partial charge in [0.15, 0.2) is 0 Å². The van der Waals surface area contributed by atoms with Crippen LogP contribution in [0.1, 0.15) is 35.6 Å². The van der Waals surface area contributed by atoms with Crippen molar-refractivity contribution >= 4 is 16.7 Å². The van der Waals surface area contributed by atoms with Crippen LogP contribution in [0.25, 0.3) is 38.9 Å². The lowest BCUT2D eigenvalue weighted by Gasteiger charge is -2.24. The summed E-state index contributed by atoms with van der Waals surface area (Å²) in [4.78, 5) is 12.6. The molecule has 1 fully saturated rings. The summed E-state index contributed by atoms with van der Waals surface area (Å²) in [6, 6.07) is 11.7. The lowest BCUT2D eigenvalue weighted by molar-refractivity contribution is 0.109. The molecule has 7 rings (SSSR count). The Labute approximate surface area is 191 Å². The fraction of sp³-hybridized carbons (Fsp3) is 0.259. The van der Waals surface area contributed by atoms with E-state index >= 15 is 0 Å². The smallest absolute Gasteiger partial charge is 0.137 e. The minimum absolute atomic E-state index is 0.418. The van der Waals surface area contributed by atoms with Crippen LogP contribution in [-0.2, 0) is 17.8 Å². The van der Waals surface area contributed by atoms with E-state index in [9.17, 15) is 0 Å². The van der Waals surface area contributed by atoms with E-state index in [1.807, 2.05) is 29.2 Å². The fourth-order valence-corrected chi connectivity index (χ4v) is 5.42. The maximum Gasteiger partial charge on any atom is 0.137 e. The predicted molar refractivity (Wildman–Crippen MR) is 129 cm³/mol. The molecule has 6 heteroatoms. The molecule has 0 aliphatic carbocycles. The third-order valence-electron chi connectivity index (χ3n) is 7.15. The third-order valence-corrected chi connectivity index (χ3v) is 7.15. The van der Waals surface area contributed by atoms with E-state index in [1.165, 1.54) is 35.1 Å². The second-order valence-corrected chi connectivity index (χ2v) is 9.09. The number of pyridine rings is 2. The summed E-state index contributed by atoms with van der Waals surface area (Å²) in [7, 11) is 0. The third kappa shape index (κ3) is 3.17. The Morgan fingerprint density at radius 1 is 1.03 bits per heavy atom. The lowest BCUT2D eigenvalue weighted by atomic mass is 9.88. The maximum absolute atomic E-state index is 5.83. The highest BCUT2D eigenvalue weighted by Crippen LogP contribution is 2.37. The number of hydrogen-bond acceptors (Lipinski definition) is 4. The van der Waals surface area contributed by atoms with Gasteiger partial charge in [0.1, 0.15) is 11.3 Å². The van der Waals surface area contributed by atoms with Gasteiger partial charge in [0.05, 0.1) is 13.2 Å². The average molecular weight is 436 g/mol. The molecule has 0 amide bonds. The molecule has 4 aromatic heterocycles. The standard InChI is InChI=1S/C27H25N5O/c1-2-25(28-5-1)21-11-19(10-18-4-9-33-16-24(18)21)20-12-22-23(15-31-27(22)30-14-20)17-3-7-32-8-6-29-26(32)13-17/h3,6-8,10-15,25,28H,1-2,4-5,9,16H2,(H,30,31). The molecule has 2 N–H and O–H groups in total. The van der Waals surface area contributed by atoms with Crippen molar-refractivity contribution in [3.63, 3.8) is 0 Å². The molecular formula is C27H25N5O. The zero-order valence-electron chi connectivity index (χ0n) is 18.3. The van der Waals surface area contributed by atoms with E-state index in [-0.39, 0.29) is 0 Å². The summed E-state index contributed by atoms with van der Waals surface area (Å²) in [6.45, 7) is 2.60. The van der Waals surface area contributed by atoms with E-state index < -0.39 is 0 Å². The highest BCUT2D eigenvalue weighted by Gasteiger charge is 2.24. The molecule has 1 aromatic carbocycles. The van der Waals surface area contributed by atoms with Crippen LogP contribution in [-0.4, -0.2) is 32.5 Å². The van der Waals surface area contributed by atoms with Gasteiger partial charge in [0, 0.05) is 53.5 Å². The molecule has 0 bridgehead atoms. The number of aromatic amines is 1. The Kier molecular flexibility index (Phi) is 4.35. The van der Waals surface area contributed by atoms with Gasteiger partial charge in [-0.2, -0.15) is 0 Å². The quantitative estimate of drug-likeness (QED) is 0.417. The molecule has 0 spiro atoms. The van der Waals surface area contributed by atoms with Crippen molar-refractivity contribution in [2.45, 2.75) is 31.9 Å². The van der Waals surface area contributed by atoms with Crippen LogP contribution < -0.4 is 5.32 Å². The van der Waals surface area contributed by atoms with E-state index in [1.54, 1.807) is 0 Å². The highest BCUT2D eigenvalue weighted by molar-refractivity contribution is 5.96. The van der Waals surface area contributed by atoms with Crippen LogP contribution in [0.3, 0.4) is 0 Å². The number of ether oxygens (including phenoxy) is 1. The predicted octanol–water partition coefficient (Wildman–Crippen LogP) is 5.04. The Morgan fingerprint density at radius 3 is 2.97 bits per heavy atom. The molecule has 5 aromatic rings. The first-order chi connectivity index (χ1) is 16.3. The first-order valence-corrected chi connectivity index (χ1v) is 11.7. The van der Waals surface area contributed by atoms with Crippen molar-refractivity contribution in [1.29, 1.82) is 0 Å². The number of aromatic nitrogens is 4. The molecule has 33 heavy (non-hydrogen) atoms. The topological polar surface area (TPSA) is 67.2 Å². The number of rotatable bonds is 3. The molecule has 2 aliphatic heterocycles. The van der Waals surface area contributed by atoms with Crippen LogP contribution in [0.4, 0.5) is 0 Å². The van der Waals surface area contributed by atoms with Gasteiger partial charge in [0.2, 0.25) is 0 Å². The minimum atomic E-state index is 0.418. The first kappa shape index (κ1) is 19.0. The number of H-pyrrole nitrogens is 1. The van der Waals surface area contributed by atoms with Gasteiger partial charge in [-0.1, -0.05) is 6.07 Å². The molecule has 2 aliphatic rings. The van der Waals surface area contributed by atoms with Gasteiger partial charge < -0.3 is 19.4 Å². The Morgan fingerprint density at radius 2 is 2.03 bits per heavy atom. The minimum Gasteiger partial charge on any atom is -0.376 e. The molecule has 0 radical (unpaired) electrons.